The van der Waals surface area contributed by atoms with E-state index in [1.807, 2.05) is 0 Å². The summed E-state index contributed by atoms with van der Waals surface area (Å²) >= 11 is 0. The molecule has 0 bridgehead atoms. The van der Waals surface area contributed by atoms with Crippen molar-refractivity contribution in [1.29, 1.82) is 0 Å². The van der Waals surface area contributed by atoms with Gasteiger partial charge in [0.05, 0.1) is 4.92 Å². The summed E-state index contributed by atoms with van der Waals surface area (Å²) in [5.41, 5.74) is 0.667. The maximum atomic E-state index is 12.1. The van der Waals surface area contributed by atoms with Gasteiger partial charge >= 0.3 is 12.0 Å². The number of hydrogen-bond donors (Lipinski definition) is 2. The number of carboxylic acid groups (broad SMARTS) is 1. The number of nitro benzene ring substituents is 1. The number of carbonyl (C=O) groups excluding carboxylic acids is 1. The Hall–Kier alpha value is -2.64. The summed E-state index contributed by atoms with van der Waals surface area (Å²) < 4.78 is 0. The number of carboxylic acids is 1. The number of aliphatic carboxylic acids is 1. The Morgan fingerprint density at radius 3 is 2.67 bits per heavy atom. The molecule has 1 fully saturated rings. The lowest BCUT2D eigenvalue weighted by Gasteiger charge is -2.20. The van der Waals surface area contributed by atoms with E-state index in [0.717, 1.165) is 12.8 Å². The zero-order chi connectivity index (χ0) is 15.6. The average molecular weight is 293 g/mol. The van der Waals surface area contributed by atoms with Crippen molar-refractivity contribution >= 4 is 23.4 Å². The van der Waals surface area contributed by atoms with Gasteiger partial charge in [0.1, 0.15) is 6.54 Å². The Kier molecular flexibility index (Phi) is 4.06. The molecule has 1 aliphatic carbocycles. The Bertz CT molecular complexity index is 597. The van der Waals surface area contributed by atoms with Gasteiger partial charge in [0.2, 0.25) is 0 Å². The molecule has 0 heterocycles. The zero-order valence-corrected chi connectivity index (χ0v) is 11.4. The Labute approximate surface area is 120 Å². The van der Waals surface area contributed by atoms with E-state index < -0.39 is 16.9 Å². The maximum Gasteiger partial charge on any atom is 0.323 e. The number of nitrogens with zero attached hydrogens (tertiary/aromatic N) is 2. The summed E-state index contributed by atoms with van der Waals surface area (Å²) in [5.74, 6) is -1.09. The van der Waals surface area contributed by atoms with E-state index >= 15 is 0 Å². The number of amides is 2. The molecule has 0 aliphatic heterocycles. The molecule has 8 nitrogen and oxygen atoms in total. The maximum absolute atomic E-state index is 12.1. The highest BCUT2D eigenvalue weighted by atomic mass is 16.6. The Morgan fingerprint density at radius 1 is 1.48 bits per heavy atom. The van der Waals surface area contributed by atoms with Gasteiger partial charge in [0, 0.05) is 23.4 Å². The predicted molar refractivity (Wildman–Crippen MR) is 74.2 cm³/mol. The fraction of sp³-hybridized carbons (Fsp3) is 0.385. The lowest BCUT2D eigenvalue weighted by molar-refractivity contribution is -0.385. The third-order valence-corrected chi connectivity index (χ3v) is 3.21. The second-order valence-corrected chi connectivity index (χ2v) is 4.94. The minimum Gasteiger partial charge on any atom is -0.480 e. The first-order chi connectivity index (χ1) is 9.88. The smallest absolute Gasteiger partial charge is 0.323 e. The number of nitrogens with one attached hydrogen (secondary N) is 1. The summed E-state index contributed by atoms with van der Waals surface area (Å²) in [7, 11) is 0. The summed E-state index contributed by atoms with van der Waals surface area (Å²) in [6.45, 7) is 1.22. The van der Waals surface area contributed by atoms with Gasteiger partial charge in [-0.3, -0.25) is 14.9 Å². The SMILES string of the molecule is Cc1ccc(NC(=O)N(CC(=O)O)C2CC2)cc1[N+](=O)[O-]. The normalized spacial score (nSPS) is 13.6. The first-order valence-corrected chi connectivity index (χ1v) is 6.43. The molecule has 2 amide bonds. The van der Waals surface area contributed by atoms with E-state index in [1.54, 1.807) is 13.0 Å². The Morgan fingerprint density at radius 2 is 2.14 bits per heavy atom. The monoisotopic (exact) mass is 293 g/mol. The second kappa shape index (κ2) is 5.78. The van der Waals surface area contributed by atoms with Gasteiger partial charge in [-0.1, -0.05) is 6.07 Å². The number of benzene rings is 1. The highest BCUT2D eigenvalue weighted by Crippen LogP contribution is 2.28. The molecule has 1 aliphatic rings. The number of carbonyl (C=O) groups is 2. The molecular weight excluding hydrogens is 278 g/mol. The third-order valence-electron chi connectivity index (χ3n) is 3.21. The molecule has 0 aromatic heterocycles. The van der Waals surface area contributed by atoms with Gasteiger partial charge in [-0.2, -0.15) is 0 Å². The van der Waals surface area contributed by atoms with Crippen molar-refractivity contribution in [2.24, 2.45) is 0 Å². The minimum absolute atomic E-state index is 0.0680. The largest absolute Gasteiger partial charge is 0.480 e. The number of anilines is 1. The first-order valence-electron chi connectivity index (χ1n) is 6.43. The van der Waals surface area contributed by atoms with Crippen LogP contribution in [-0.2, 0) is 4.79 Å². The van der Waals surface area contributed by atoms with Gasteiger partial charge in [0.15, 0.2) is 0 Å². The van der Waals surface area contributed by atoms with Crippen molar-refractivity contribution in [3.63, 3.8) is 0 Å². The number of aryl methyl sites for hydroxylation is 1. The van der Waals surface area contributed by atoms with E-state index in [4.69, 9.17) is 5.11 Å². The number of nitro groups is 1. The second-order valence-electron chi connectivity index (χ2n) is 4.94. The highest BCUT2D eigenvalue weighted by molar-refractivity contribution is 5.92. The number of rotatable bonds is 5. The zero-order valence-electron chi connectivity index (χ0n) is 11.4. The first kappa shape index (κ1) is 14.8. The molecule has 1 aromatic rings. The summed E-state index contributed by atoms with van der Waals surface area (Å²) in [5, 5.41) is 22.2. The molecule has 2 rings (SSSR count). The van der Waals surface area contributed by atoms with Crippen LogP contribution in [0.25, 0.3) is 0 Å². The van der Waals surface area contributed by atoms with Crippen LogP contribution in [0.5, 0.6) is 0 Å². The minimum atomic E-state index is -1.09. The van der Waals surface area contributed by atoms with E-state index in [2.05, 4.69) is 5.32 Å². The molecule has 0 saturated heterocycles. The van der Waals surface area contributed by atoms with Gasteiger partial charge in [-0.15, -0.1) is 0 Å². The van der Waals surface area contributed by atoms with Crippen molar-refractivity contribution in [3.8, 4) is 0 Å². The van der Waals surface area contributed by atoms with Crippen molar-refractivity contribution in [2.45, 2.75) is 25.8 Å². The van der Waals surface area contributed by atoms with E-state index in [1.165, 1.54) is 17.0 Å². The quantitative estimate of drug-likeness (QED) is 0.636. The van der Waals surface area contributed by atoms with Crippen LogP contribution in [0.15, 0.2) is 18.2 Å². The average Bonchev–Trinajstić information content (AvgIpc) is 3.22. The molecule has 0 spiro atoms. The standard InChI is InChI=1S/C13H15N3O5/c1-8-2-3-9(6-11(8)16(20)21)14-13(19)15(7-12(17)18)10-4-5-10/h2-3,6,10H,4-5,7H2,1H3,(H,14,19)(H,17,18). The molecule has 112 valence electrons. The van der Waals surface area contributed by atoms with Crippen molar-refractivity contribution < 1.29 is 19.6 Å². The van der Waals surface area contributed by atoms with Crippen LogP contribution >= 0.6 is 0 Å². The fourth-order valence-electron chi connectivity index (χ4n) is 1.98. The van der Waals surface area contributed by atoms with E-state index in [9.17, 15) is 19.7 Å². The summed E-state index contributed by atoms with van der Waals surface area (Å²) in [4.78, 5) is 34.4. The molecule has 0 radical (unpaired) electrons. The number of urea groups is 1. The topological polar surface area (TPSA) is 113 Å². The molecule has 1 saturated carbocycles. The molecular formula is C13H15N3O5. The molecule has 1 aromatic carbocycles. The highest BCUT2D eigenvalue weighted by Gasteiger charge is 2.34. The molecule has 2 N–H and O–H groups in total. The van der Waals surface area contributed by atoms with Crippen LogP contribution in [0.4, 0.5) is 16.2 Å². The van der Waals surface area contributed by atoms with Crippen LogP contribution in [-0.4, -0.2) is 39.5 Å². The summed E-state index contributed by atoms with van der Waals surface area (Å²) in [6.07, 6.45) is 1.55. The predicted octanol–water partition coefficient (Wildman–Crippen LogP) is 1.98. The lowest BCUT2D eigenvalue weighted by Crippen LogP contribution is -2.40. The van der Waals surface area contributed by atoms with Crippen LogP contribution in [0.2, 0.25) is 0 Å². The van der Waals surface area contributed by atoms with Crippen molar-refractivity contribution in [2.75, 3.05) is 11.9 Å². The summed E-state index contributed by atoms with van der Waals surface area (Å²) in [6, 6.07) is 3.72. The van der Waals surface area contributed by atoms with Gasteiger partial charge in [-0.05, 0) is 25.8 Å². The molecule has 0 atom stereocenters. The number of hydrogen-bond acceptors (Lipinski definition) is 4. The molecule has 0 unspecified atom stereocenters. The van der Waals surface area contributed by atoms with Crippen molar-refractivity contribution in [3.05, 3.63) is 33.9 Å². The van der Waals surface area contributed by atoms with Crippen LogP contribution < -0.4 is 5.32 Å². The van der Waals surface area contributed by atoms with Crippen LogP contribution in [0.3, 0.4) is 0 Å². The third kappa shape index (κ3) is 3.68. The van der Waals surface area contributed by atoms with E-state index in [-0.39, 0.29) is 24.0 Å². The molecule has 8 heteroatoms. The van der Waals surface area contributed by atoms with Crippen LogP contribution in [0.1, 0.15) is 18.4 Å². The fourth-order valence-corrected chi connectivity index (χ4v) is 1.98. The van der Waals surface area contributed by atoms with Crippen molar-refractivity contribution in [1.82, 2.24) is 4.90 Å². The van der Waals surface area contributed by atoms with Crippen LogP contribution in [0, 0.1) is 17.0 Å². The van der Waals surface area contributed by atoms with Gasteiger partial charge in [0.25, 0.3) is 5.69 Å². The van der Waals surface area contributed by atoms with Gasteiger partial charge < -0.3 is 15.3 Å². The van der Waals surface area contributed by atoms with Gasteiger partial charge in [-0.25, -0.2) is 4.79 Å². The van der Waals surface area contributed by atoms with E-state index in [0.29, 0.717) is 5.56 Å². The Balaban J connectivity index is 2.12. The lowest BCUT2D eigenvalue weighted by atomic mass is 10.2. The molecule has 21 heavy (non-hydrogen) atoms.